The number of carbonyl (C=O) groups is 1. The molecule has 1 unspecified atom stereocenters. The van der Waals surface area contributed by atoms with Crippen LogP contribution >= 0.6 is 15.9 Å². The molecule has 1 N–H and O–H groups in total. The summed E-state index contributed by atoms with van der Waals surface area (Å²) in [7, 11) is 0. The average molecular weight is 340 g/mol. The van der Waals surface area contributed by atoms with Crippen molar-refractivity contribution in [1.82, 2.24) is 5.32 Å². The first-order valence-electron chi connectivity index (χ1n) is 5.99. The van der Waals surface area contributed by atoms with E-state index >= 15 is 0 Å². The van der Waals surface area contributed by atoms with E-state index in [4.69, 9.17) is 0 Å². The second-order valence-electron chi connectivity index (χ2n) is 4.37. The topological polar surface area (TPSA) is 29.1 Å². The van der Waals surface area contributed by atoms with Gasteiger partial charge in [0, 0.05) is 21.7 Å². The molecule has 1 atom stereocenters. The van der Waals surface area contributed by atoms with Crippen molar-refractivity contribution < 1.29 is 13.6 Å². The minimum Gasteiger partial charge on any atom is -0.345 e. The van der Waals surface area contributed by atoms with E-state index in [1.54, 1.807) is 31.2 Å². The van der Waals surface area contributed by atoms with Crippen LogP contribution < -0.4 is 5.32 Å². The highest BCUT2D eigenvalue weighted by molar-refractivity contribution is 9.10. The van der Waals surface area contributed by atoms with Gasteiger partial charge in [0.2, 0.25) is 0 Å². The molecule has 0 aromatic heterocycles. The summed E-state index contributed by atoms with van der Waals surface area (Å²) in [6.45, 7) is 1.65. The molecule has 104 valence electrons. The van der Waals surface area contributed by atoms with Gasteiger partial charge in [-0.05, 0) is 37.3 Å². The largest absolute Gasteiger partial charge is 0.345 e. The van der Waals surface area contributed by atoms with Gasteiger partial charge in [-0.25, -0.2) is 8.78 Å². The first-order chi connectivity index (χ1) is 9.47. The molecule has 20 heavy (non-hydrogen) atoms. The summed E-state index contributed by atoms with van der Waals surface area (Å²) < 4.78 is 27.3. The summed E-state index contributed by atoms with van der Waals surface area (Å²) in [5.41, 5.74) is 0.722. The molecule has 2 aromatic rings. The third-order valence-corrected chi connectivity index (χ3v) is 3.41. The molecule has 5 heteroatoms. The Morgan fingerprint density at radius 3 is 2.40 bits per heavy atom. The van der Waals surface area contributed by atoms with Gasteiger partial charge in [0.25, 0.3) is 5.91 Å². The van der Waals surface area contributed by atoms with Crippen LogP contribution in [0.5, 0.6) is 0 Å². The molecular weight excluding hydrogens is 328 g/mol. The number of nitrogens with one attached hydrogen (secondary N) is 1. The number of halogens is 3. The lowest BCUT2D eigenvalue weighted by Gasteiger charge is -2.15. The van der Waals surface area contributed by atoms with Gasteiger partial charge in [-0.3, -0.25) is 4.79 Å². The minimum absolute atomic E-state index is 0.247. The summed E-state index contributed by atoms with van der Waals surface area (Å²) in [6.07, 6.45) is 0. The lowest BCUT2D eigenvalue weighted by molar-refractivity contribution is 0.0939. The van der Waals surface area contributed by atoms with Gasteiger partial charge in [-0.15, -0.1) is 0 Å². The van der Waals surface area contributed by atoms with Crippen molar-refractivity contribution in [3.63, 3.8) is 0 Å². The van der Waals surface area contributed by atoms with Crippen LogP contribution in [0.3, 0.4) is 0 Å². The molecule has 0 saturated carbocycles. The molecule has 0 aliphatic rings. The summed E-state index contributed by atoms with van der Waals surface area (Å²) in [6, 6.07) is 9.57. The Morgan fingerprint density at radius 1 is 1.15 bits per heavy atom. The predicted octanol–water partition coefficient (Wildman–Crippen LogP) is 4.22. The lowest BCUT2D eigenvalue weighted by atomic mass is 10.1. The fourth-order valence-electron chi connectivity index (χ4n) is 1.81. The summed E-state index contributed by atoms with van der Waals surface area (Å²) >= 11 is 3.28. The van der Waals surface area contributed by atoms with Crippen LogP contribution in [0.4, 0.5) is 8.78 Å². The van der Waals surface area contributed by atoms with E-state index in [1.807, 2.05) is 0 Å². The Kier molecular flexibility index (Phi) is 4.49. The second kappa shape index (κ2) is 6.13. The van der Waals surface area contributed by atoms with E-state index < -0.39 is 17.7 Å². The predicted molar refractivity (Wildman–Crippen MR) is 76.4 cm³/mol. The van der Waals surface area contributed by atoms with Crippen LogP contribution in [0.15, 0.2) is 46.9 Å². The van der Waals surface area contributed by atoms with E-state index in [9.17, 15) is 13.6 Å². The third kappa shape index (κ3) is 3.42. The Bertz CT molecular complexity index is 628. The molecule has 0 heterocycles. The molecular formula is C15H12BrF2NO. The Morgan fingerprint density at radius 2 is 1.80 bits per heavy atom. The zero-order valence-corrected chi connectivity index (χ0v) is 12.2. The molecule has 0 aliphatic heterocycles. The van der Waals surface area contributed by atoms with E-state index in [2.05, 4.69) is 21.2 Å². The number of hydrogen-bond acceptors (Lipinski definition) is 1. The van der Waals surface area contributed by atoms with E-state index in [1.165, 1.54) is 12.1 Å². The molecule has 0 fully saturated rings. The monoisotopic (exact) mass is 339 g/mol. The first-order valence-corrected chi connectivity index (χ1v) is 6.78. The number of carbonyl (C=O) groups excluding carboxylic acids is 1. The zero-order valence-electron chi connectivity index (χ0n) is 10.7. The van der Waals surface area contributed by atoms with Crippen LogP contribution in [0, 0.1) is 11.6 Å². The van der Waals surface area contributed by atoms with Gasteiger partial charge in [0.15, 0.2) is 0 Å². The molecule has 0 bridgehead atoms. The maximum absolute atomic E-state index is 13.6. The van der Waals surface area contributed by atoms with E-state index in [0.29, 0.717) is 5.56 Å². The maximum Gasteiger partial charge on any atom is 0.251 e. The van der Waals surface area contributed by atoms with Gasteiger partial charge in [-0.2, -0.15) is 0 Å². The normalized spacial score (nSPS) is 12.0. The zero-order chi connectivity index (χ0) is 14.7. The fourth-order valence-corrected chi connectivity index (χ4v) is 2.08. The fraction of sp³-hybridized carbons (Fsp3) is 0.133. The first kappa shape index (κ1) is 14.7. The molecule has 2 rings (SSSR count). The highest BCUT2D eigenvalue weighted by Gasteiger charge is 2.15. The molecule has 0 radical (unpaired) electrons. The average Bonchev–Trinajstić information content (AvgIpc) is 2.39. The Labute approximate surface area is 123 Å². The van der Waals surface area contributed by atoms with Crippen molar-refractivity contribution in [2.45, 2.75) is 13.0 Å². The van der Waals surface area contributed by atoms with Crippen molar-refractivity contribution in [2.24, 2.45) is 0 Å². The number of rotatable bonds is 3. The van der Waals surface area contributed by atoms with Crippen molar-refractivity contribution in [3.8, 4) is 0 Å². The second-order valence-corrected chi connectivity index (χ2v) is 5.28. The smallest absolute Gasteiger partial charge is 0.251 e. The summed E-state index contributed by atoms with van der Waals surface area (Å²) in [5, 5.41) is 2.68. The van der Waals surface area contributed by atoms with Gasteiger partial charge < -0.3 is 5.32 Å². The standard InChI is InChI=1S/C15H12BrF2NO/c1-9(13-7-6-12(17)8-14(13)18)19-15(20)10-2-4-11(16)5-3-10/h2-9H,1H3,(H,19,20). The molecule has 2 nitrogen and oxygen atoms in total. The van der Waals surface area contributed by atoms with Gasteiger partial charge in [-0.1, -0.05) is 22.0 Å². The van der Waals surface area contributed by atoms with Crippen molar-refractivity contribution in [1.29, 1.82) is 0 Å². The lowest BCUT2D eigenvalue weighted by Crippen LogP contribution is -2.27. The van der Waals surface area contributed by atoms with Gasteiger partial charge in [0.05, 0.1) is 6.04 Å². The quantitative estimate of drug-likeness (QED) is 0.891. The van der Waals surface area contributed by atoms with Crippen LogP contribution in [0.2, 0.25) is 0 Å². The van der Waals surface area contributed by atoms with Crippen LogP contribution in [-0.4, -0.2) is 5.91 Å². The Balaban J connectivity index is 2.12. The SMILES string of the molecule is CC(NC(=O)c1ccc(Br)cc1)c1ccc(F)cc1F. The minimum atomic E-state index is -0.673. The van der Waals surface area contributed by atoms with Crippen molar-refractivity contribution >= 4 is 21.8 Å². The third-order valence-electron chi connectivity index (χ3n) is 2.88. The molecule has 1 amide bonds. The number of hydrogen-bond donors (Lipinski definition) is 1. The van der Waals surface area contributed by atoms with E-state index in [0.717, 1.165) is 10.5 Å². The van der Waals surface area contributed by atoms with Crippen molar-refractivity contribution in [2.75, 3.05) is 0 Å². The highest BCUT2D eigenvalue weighted by Crippen LogP contribution is 2.18. The molecule has 2 aromatic carbocycles. The highest BCUT2D eigenvalue weighted by atomic mass is 79.9. The summed E-state index contributed by atoms with van der Waals surface area (Å²) in [4.78, 5) is 12.0. The molecule has 0 saturated heterocycles. The summed E-state index contributed by atoms with van der Waals surface area (Å²) in [5.74, 6) is -1.62. The van der Waals surface area contributed by atoms with Crippen LogP contribution in [0.25, 0.3) is 0 Å². The van der Waals surface area contributed by atoms with Gasteiger partial charge >= 0.3 is 0 Å². The molecule has 0 aliphatic carbocycles. The van der Waals surface area contributed by atoms with E-state index in [-0.39, 0.29) is 11.5 Å². The number of amides is 1. The number of benzene rings is 2. The maximum atomic E-state index is 13.6. The van der Waals surface area contributed by atoms with Crippen LogP contribution in [0.1, 0.15) is 28.9 Å². The van der Waals surface area contributed by atoms with Crippen molar-refractivity contribution in [3.05, 3.63) is 69.7 Å². The Hall–Kier alpha value is -1.75. The molecule has 0 spiro atoms. The van der Waals surface area contributed by atoms with Crippen LogP contribution in [-0.2, 0) is 0 Å². The van der Waals surface area contributed by atoms with Gasteiger partial charge in [0.1, 0.15) is 11.6 Å².